The van der Waals surface area contributed by atoms with E-state index in [0.29, 0.717) is 12.0 Å². The normalized spacial score (nSPS) is 9.85. The molecule has 2 aromatic carbocycles. The van der Waals surface area contributed by atoms with Crippen LogP contribution < -0.4 is 5.32 Å². The van der Waals surface area contributed by atoms with Crippen LogP contribution in [0.2, 0.25) is 0 Å². The van der Waals surface area contributed by atoms with E-state index >= 15 is 0 Å². The van der Waals surface area contributed by atoms with Crippen LogP contribution in [0.3, 0.4) is 0 Å². The average Bonchev–Trinajstić information content (AvgIpc) is 2.43. The van der Waals surface area contributed by atoms with Gasteiger partial charge in [0.05, 0.1) is 22.3 Å². The Kier molecular flexibility index (Phi) is 5.52. The van der Waals surface area contributed by atoms with Crippen LogP contribution in [0.5, 0.6) is 0 Å². The molecule has 2 aromatic rings. The second-order valence-corrected chi connectivity index (χ2v) is 6.73. The summed E-state index contributed by atoms with van der Waals surface area (Å²) < 4.78 is 2.16. The number of nitrogens with zero attached hydrogens (tertiary/aromatic N) is 1. The first-order valence-electron chi connectivity index (χ1n) is 5.82. The van der Waals surface area contributed by atoms with Gasteiger partial charge in [-0.05, 0) is 58.5 Å². The number of halogens is 2. The second kappa shape index (κ2) is 7.16. The summed E-state index contributed by atoms with van der Waals surface area (Å²) in [7, 11) is 0. The third kappa shape index (κ3) is 4.27. The predicted octanol–water partition coefficient (Wildman–Crippen LogP) is 4.91. The molecule has 0 radical (unpaired) electrons. The lowest BCUT2D eigenvalue weighted by molar-refractivity contribution is 1.33. The zero-order valence-electron chi connectivity index (χ0n) is 10.4. The first-order valence-corrected chi connectivity index (χ1v) is 8.10. The summed E-state index contributed by atoms with van der Waals surface area (Å²) >= 11 is 11.1. The van der Waals surface area contributed by atoms with Gasteiger partial charge in [-0.3, -0.25) is 0 Å². The number of thiocarbonyl (C=S) groups is 1. The Hall–Kier alpha value is -0.970. The molecule has 100 valence electrons. The highest BCUT2D eigenvalue weighted by atomic mass is 127. The van der Waals surface area contributed by atoms with E-state index in [0.717, 1.165) is 24.3 Å². The van der Waals surface area contributed by atoms with Crippen molar-refractivity contribution in [2.24, 2.45) is 0 Å². The molecule has 5 heteroatoms. The molecule has 20 heavy (non-hydrogen) atoms. The monoisotopic (exact) mass is 456 g/mol. The van der Waals surface area contributed by atoms with Crippen LogP contribution in [0.25, 0.3) is 0 Å². The van der Waals surface area contributed by atoms with E-state index < -0.39 is 0 Å². The molecule has 0 aromatic heterocycles. The third-order valence-corrected chi connectivity index (χ3v) is 4.29. The quantitative estimate of drug-likeness (QED) is 0.526. The maximum atomic E-state index is 8.77. The van der Waals surface area contributed by atoms with Crippen molar-refractivity contribution < 1.29 is 0 Å². The standard InChI is InChI=1S/C15H10BrIN2S/c16-12-5-6-14(13(17)8-12)19-15(20)7-10-1-3-11(9-18)4-2-10/h1-6,8H,7H2,(H,19,20). The van der Waals surface area contributed by atoms with Crippen molar-refractivity contribution >= 4 is 61.4 Å². The molecule has 0 unspecified atom stereocenters. The second-order valence-electron chi connectivity index (χ2n) is 4.16. The van der Waals surface area contributed by atoms with Crippen LogP contribution >= 0.6 is 50.7 Å². The Labute approximate surface area is 145 Å². The molecule has 2 rings (SSSR count). The van der Waals surface area contributed by atoms with Gasteiger partial charge in [-0.15, -0.1) is 0 Å². The summed E-state index contributed by atoms with van der Waals surface area (Å²) in [6.45, 7) is 0. The van der Waals surface area contributed by atoms with Gasteiger partial charge in [-0.1, -0.05) is 40.3 Å². The lowest BCUT2D eigenvalue weighted by atomic mass is 10.1. The molecule has 0 saturated carbocycles. The van der Waals surface area contributed by atoms with E-state index in [1.54, 1.807) is 12.1 Å². The van der Waals surface area contributed by atoms with E-state index in [1.807, 2.05) is 30.3 Å². The van der Waals surface area contributed by atoms with Crippen LogP contribution in [0, 0.1) is 14.9 Å². The van der Waals surface area contributed by atoms with Gasteiger partial charge >= 0.3 is 0 Å². The van der Waals surface area contributed by atoms with E-state index in [1.165, 1.54) is 0 Å². The van der Waals surface area contributed by atoms with Gasteiger partial charge in [-0.2, -0.15) is 5.26 Å². The first kappa shape index (κ1) is 15.4. The van der Waals surface area contributed by atoms with E-state index in [2.05, 4.69) is 49.9 Å². The van der Waals surface area contributed by atoms with Gasteiger partial charge in [0, 0.05) is 14.5 Å². The minimum atomic E-state index is 0.660. The van der Waals surface area contributed by atoms with Crippen molar-refractivity contribution in [2.45, 2.75) is 6.42 Å². The molecule has 0 aliphatic rings. The lowest BCUT2D eigenvalue weighted by Gasteiger charge is -2.10. The van der Waals surface area contributed by atoms with Crippen molar-refractivity contribution in [2.75, 3.05) is 5.32 Å². The van der Waals surface area contributed by atoms with Crippen LogP contribution in [0.1, 0.15) is 11.1 Å². The molecule has 0 atom stereocenters. The largest absolute Gasteiger partial charge is 0.349 e. The van der Waals surface area contributed by atoms with Crippen LogP contribution in [-0.4, -0.2) is 4.99 Å². The summed E-state index contributed by atoms with van der Waals surface area (Å²) in [6.07, 6.45) is 0.660. The van der Waals surface area contributed by atoms with Crippen LogP contribution in [-0.2, 0) is 6.42 Å². The fraction of sp³-hybridized carbons (Fsp3) is 0.0667. The number of nitriles is 1. The van der Waals surface area contributed by atoms with E-state index in [9.17, 15) is 0 Å². The van der Waals surface area contributed by atoms with Gasteiger partial charge in [0.1, 0.15) is 0 Å². The van der Waals surface area contributed by atoms with Crippen molar-refractivity contribution in [3.8, 4) is 6.07 Å². The SMILES string of the molecule is N#Cc1ccc(CC(=S)Nc2ccc(Br)cc2I)cc1. The molecular weight excluding hydrogens is 447 g/mol. The Morgan fingerprint density at radius 2 is 1.95 bits per heavy atom. The molecule has 0 aliphatic carbocycles. The van der Waals surface area contributed by atoms with Gasteiger partial charge in [0.2, 0.25) is 0 Å². The molecule has 0 aliphatic heterocycles. The van der Waals surface area contributed by atoms with Crippen molar-refractivity contribution in [3.63, 3.8) is 0 Å². The molecule has 0 fully saturated rings. The third-order valence-electron chi connectivity index (χ3n) is 2.65. The molecule has 0 heterocycles. The highest BCUT2D eigenvalue weighted by Gasteiger charge is 2.04. The van der Waals surface area contributed by atoms with Crippen molar-refractivity contribution in [1.29, 1.82) is 5.26 Å². The van der Waals surface area contributed by atoms with Gasteiger partial charge in [-0.25, -0.2) is 0 Å². The maximum Gasteiger partial charge on any atom is 0.0991 e. The number of rotatable bonds is 3. The number of hydrogen-bond donors (Lipinski definition) is 1. The van der Waals surface area contributed by atoms with Crippen molar-refractivity contribution in [1.82, 2.24) is 0 Å². The fourth-order valence-corrected chi connectivity index (χ4v) is 3.38. The zero-order chi connectivity index (χ0) is 14.5. The summed E-state index contributed by atoms with van der Waals surface area (Å²) in [5, 5.41) is 12.0. The fourth-order valence-electron chi connectivity index (χ4n) is 1.67. The summed E-state index contributed by atoms with van der Waals surface area (Å²) in [6, 6.07) is 15.6. The minimum absolute atomic E-state index is 0.660. The summed E-state index contributed by atoms with van der Waals surface area (Å²) in [5.41, 5.74) is 2.76. The highest BCUT2D eigenvalue weighted by molar-refractivity contribution is 14.1. The number of benzene rings is 2. The van der Waals surface area contributed by atoms with Crippen LogP contribution in [0.15, 0.2) is 46.9 Å². The Morgan fingerprint density at radius 3 is 2.55 bits per heavy atom. The molecule has 0 saturated heterocycles. The molecule has 0 spiro atoms. The molecule has 1 N–H and O–H groups in total. The highest BCUT2D eigenvalue weighted by Crippen LogP contribution is 2.23. The van der Waals surface area contributed by atoms with Gasteiger partial charge in [0.15, 0.2) is 0 Å². The van der Waals surface area contributed by atoms with Crippen LogP contribution in [0.4, 0.5) is 5.69 Å². The molecule has 0 amide bonds. The molecule has 2 nitrogen and oxygen atoms in total. The number of anilines is 1. The Morgan fingerprint density at radius 1 is 1.25 bits per heavy atom. The number of hydrogen-bond acceptors (Lipinski definition) is 2. The average molecular weight is 457 g/mol. The molecular formula is C15H10BrIN2S. The number of nitrogens with one attached hydrogen (secondary N) is 1. The van der Waals surface area contributed by atoms with E-state index in [4.69, 9.17) is 17.5 Å². The lowest BCUT2D eigenvalue weighted by Crippen LogP contribution is -2.12. The Bertz CT molecular complexity index is 677. The molecule has 0 bridgehead atoms. The first-order chi connectivity index (χ1) is 9.58. The maximum absolute atomic E-state index is 8.77. The Balaban J connectivity index is 2.03. The van der Waals surface area contributed by atoms with Gasteiger partial charge in [0.25, 0.3) is 0 Å². The summed E-state index contributed by atoms with van der Waals surface area (Å²) in [4.78, 5) is 0.759. The summed E-state index contributed by atoms with van der Waals surface area (Å²) in [5.74, 6) is 0. The topological polar surface area (TPSA) is 35.8 Å². The predicted molar refractivity (Wildman–Crippen MR) is 97.9 cm³/mol. The van der Waals surface area contributed by atoms with E-state index in [-0.39, 0.29) is 0 Å². The zero-order valence-corrected chi connectivity index (χ0v) is 14.9. The minimum Gasteiger partial charge on any atom is -0.349 e. The smallest absolute Gasteiger partial charge is 0.0991 e. The van der Waals surface area contributed by atoms with Crippen molar-refractivity contribution in [3.05, 3.63) is 61.6 Å². The van der Waals surface area contributed by atoms with Gasteiger partial charge < -0.3 is 5.32 Å².